The second kappa shape index (κ2) is 12.2. The lowest BCUT2D eigenvalue weighted by molar-refractivity contribution is -0.108. The Hall–Kier alpha value is -3.32. The number of ether oxygens (including phenoxy) is 2. The Morgan fingerprint density at radius 2 is 1.85 bits per heavy atom. The fourth-order valence-corrected chi connectivity index (χ4v) is 5.59. The minimum atomic E-state index is -0.498. The average molecular weight is 528 g/mol. The van der Waals surface area contributed by atoms with Crippen LogP contribution in [0.3, 0.4) is 0 Å². The summed E-state index contributed by atoms with van der Waals surface area (Å²) in [6.07, 6.45) is 3.86. The van der Waals surface area contributed by atoms with Crippen molar-refractivity contribution in [2.24, 2.45) is 11.1 Å². The van der Waals surface area contributed by atoms with E-state index in [0.29, 0.717) is 13.0 Å². The molecule has 0 aliphatic heterocycles. The first-order valence-corrected chi connectivity index (χ1v) is 13.6. The Balaban J connectivity index is 1.97. The number of aromatic nitrogens is 2. The van der Waals surface area contributed by atoms with E-state index >= 15 is 0 Å². The Morgan fingerprint density at radius 1 is 1.08 bits per heavy atom. The van der Waals surface area contributed by atoms with E-state index in [-0.39, 0.29) is 11.5 Å². The fourth-order valence-electron chi connectivity index (χ4n) is 5.59. The van der Waals surface area contributed by atoms with Crippen LogP contribution < -0.4 is 5.73 Å². The fraction of sp³-hybridized carbons (Fsp3) is 0.394. The maximum atomic E-state index is 11.1. The molecule has 0 saturated carbocycles. The highest BCUT2D eigenvalue weighted by atomic mass is 16.5. The monoisotopic (exact) mass is 527 g/mol. The van der Waals surface area contributed by atoms with Gasteiger partial charge in [0, 0.05) is 43.4 Å². The molecule has 6 heteroatoms. The topological polar surface area (TPSA) is 79.4 Å². The highest BCUT2D eigenvalue weighted by Crippen LogP contribution is 2.41. The van der Waals surface area contributed by atoms with Crippen molar-refractivity contribution in [2.75, 3.05) is 20.8 Å². The van der Waals surface area contributed by atoms with Crippen LogP contribution in [-0.4, -0.2) is 42.7 Å². The van der Waals surface area contributed by atoms with Crippen molar-refractivity contribution in [3.8, 4) is 22.4 Å². The molecule has 0 spiro atoms. The van der Waals surface area contributed by atoms with Gasteiger partial charge in [-0.25, -0.2) is 0 Å². The number of methoxy groups -OCH3 is 2. The number of fused-ring (bicyclic) bond motifs is 1. The molecule has 4 aromatic rings. The Morgan fingerprint density at radius 3 is 2.54 bits per heavy atom. The van der Waals surface area contributed by atoms with Crippen LogP contribution in [0.2, 0.25) is 0 Å². The molecule has 2 aromatic heterocycles. The average Bonchev–Trinajstić information content (AvgIpc) is 3.24. The number of aryl methyl sites for hydroxylation is 1. The lowest BCUT2D eigenvalue weighted by Crippen LogP contribution is -2.23. The third kappa shape index (κ3) is 6.14. The van der Waals surface area contributed by atoms with Gasteiger partial charge in [-0.1, -0.05) is 44.2 Å². The molecular formula is C33H41N3O3. The van der Waals surface area contributed by atoms with Crippen molar-refractivity contribution in [3.63, 3.8) is 0 Å². The molecule has 0 radical (unpaired) electrons. The molecule has 2 N–H and O–H groups in total. The molecule has 4 rings (SSSR count). The molecule has 0 fully saturated rings. The number of rotatable bonds is 12. The first-order valence-electron chi connectivity index (χ1n) is 13.6. The summed E-state index contributed by atoms with van der Waals surface area (Å²) in [7, 11) is 3.49. The number of pyridine rings is 1. The zero-order valence-electron chi connectivity index (χ0n) is 24.0. The van der Waals surface area contributed by atoms with Gasteiger partial charge in [0.1, 0.15) is 6.29 Å². The first-order chi connectivity index (χ1) is 18.7. The minimum absolute atomic E-state index is 0.0769. The van der Waals surface area contributed by atoms with Crippen LogP contribution in [0.5, 0.6) is 0 Å². The van der Waals surface area contributed by atoms with Gasteiger partial charge in [0.25, 0.3) is 0 Å². The van der Waals surface area contributed by atoms with Gasteiger partial charge >= 0.3 is 0 Å². The molecule has 0 saturated heterocycles. The van der Waals surface area contributed by atoms with E-state index in [1.807, 2.05) is 31.3 Å². The van der Waals surface area contributed by atoms with Gasteiger partial charge in [0.15, 0.2) is 0 Å². The summed E-state index contributed by atoms with van der Waals surface area (Å²) < 4.78 is 13.8. The molecule has 6 nitrogen and oxygen atoms in total. The van der Waals surface area contributed by atoms with E-state index in [1.165, 1.54) is 22.2 Å². The van der Waals surface area contributed by atoms with Crippen LogP contribution in [0.15, 0.2) is 60.8 Å². The lowest BCUT2D eigenvalue weighted by atomic mass is 9.84. The van der Waals surface area contributed by atoms with Crippen LogP contribution in [0.25, 0.3) is 33.3 Å². The highest BCUT2D eigenvalue weighted by Gasteiger charge is 2.28. The van der Waals surface area contributed by atoms with Crippen molar-refractivity contribution in [2.45, 2.75) is 59.2 Å². The molecule has 0 aliphatic carbocycles. The molecule has 2 atom stereocenters. The maximum absolute atomic E-state index is 11.1. The van der Waals surface area contributed by atoms with Crippen LogP contribution >= 0.6 is 0 Å². The number of hydrogen-bond donors (Lipinski definition) is 1. The van der Waals surface area contributed by atoms with Crippen molar-refractivity contribution in [1.29, 1.82) is 0 Å². The summed E-state index contributed by atoms with van der Waals surface area (Å²) in [4.78, 5) is 15.9. The molecule has 2 heterocycles. The van der Waals surface area contributed by atoms with Gasteiger partial charge < -0.3 is 24.6 Å². The molecule has 0 unspecified atom stereocenters. The zero-order chi connectivity index (χ0) is 28.2. The molecule has 206 valence electrons. The lowest BCUT2D eigenvalue weighted by Gasteiger charge is -2.25. The summed E-state index contributed by atoms with van der Waals surface area (Å²) in [5.41, 5.74) is 14.8. The summed E-state index contributed by atoms with van der Waals surface area (Å²) in [6.45, 7) is 10.2. The molecule has 0 amide bonds. The zero-order valence-corrected chi connectivity index (χ0v) is 24.0. The number of carbonyl (C=O) groups is 1. The van der Waals surface area contributed by atoms with E-state index in [1.54, 1.807) is 14.2 Å². The van der Waals surface area contributed by atoms with E-state index in [2.05, 4.69) is 61.7 Å². The summed E-state index contributed by atoms with van der Waals surface area (Å²) in [5, 5.41) is 1.23. The molecular weight excluding hydrogens is 486 g/mol. The van der Waals surface area contributed by atoms with Gasteiger partial charge in [-0.05, 0) is 78.6 Å². The third-order valence-electron chi connectivity index (χ3n) is 7.41. The number of hydrogen-bond acceptors (Lipinski definition) is 5. The van der Waals surface area contributed by atoms with E-state index in [0.717, 1.165) is 47.2 Å². The third-order valence-corrected chi connectivity index (χ3v) is 7.41. The minimum Gasteiger partial charge on any atom is -0.384 e. The maximum Gasteiger partial charge on any atom is 0.137 e. The molecule has 2 aromatic carbocycles. The second-order valence-corrected chi connectivity index (χ2v) is 11.1. The summed E-state index contributed by atoms with van der Waals surface area (Å²) in [5.74, 6) is 0. The van der Waals surface area contributed by atoms with Gasteiger partial charge in [-0.2, -0.15) is 0 Å². The van der Waals surface area contributed by atoms with Crippen molar-refractivity contribution in [3.05, 3.63) is 77.6 Å². The number of carbonyl (C=O) groups excluding carboxylic acids is 1. The smallest absolute Gasteiger partial charge is 0.137 e. The second-order valence-electron chi connectivity index (χ2n) is 11.1. The first kappa shape index (κ1) is 28.7. The van der Waals surface area contributed by atoms with Crippen molar-refractivity contribution >= 4 is 17.2 Å². The van der Waals surface area contributed by atoms with Gasteiger partial charge in [0.2, 0.25) is 0 Å². The predicted molar refractivity (Wildman–Crippen MR) is 159 cm³/mol. The van der Waals surface area contributed by atoms with E-state index in [4.69, 9.17) is 20.2 Å². The molecule has 0 aliphatic rings. The molecule has 39 heavy (non-hydrogen) atoms. The van der Waals surface area contributed by atoms with E-state index in [9.17, 15) is 4.79 Å². The largest absolute Gasteiger partial charge is 0.384 e. The highest BCUT2D eigenvalue weighted by molar-refractivity contribution is 5.95. The normalized spacial score (nSPS) is 13.5. The Bertz CT molecular complexity index is 1440. The van der Waals surface area contributed by atoms with Crippen LogP contribution in [-0.2, 0) is 33.7 Å². The van der Waals surface area contributed by atoms with E-state index < -0.39 is 6.04 Å². The number of nitrogens with zero attached hydrogens (tertiary/aromatic N) is 2. The number of benzene rings is 2. The van der Waals surface area contributed by atoms with Crippen LogP contribution in [0.4, 0.5) is 0 Å². The SMILES string of the molecule is CCn1c(-c2cccnc2[C@H](C)OC)c(CC(C)(C)COC)c2cc(-c3cccc(C[C@H](N)C=O)c3)ccc21. The Kier molecular flexibility index (Phi) is 9.01. The van der Waals surface area contributed by atoms with Crippen molar-refractivity contribution < 1.29 is 14.3 Å². The Labute approximate surface area is 232 Å². The quantitative estimate of drug-likeness (QED) is 0.216. The summed E-state index contributed by atoms with van der Waals surface area (Å²) in [6, 6.07) is 18.7. The van der Waals surface area contributed by atoms with Gasteiger partial charge in [0.05, 0.1) is 30.1 Å². The van der Waals surface area contributed by atoms with Crippen molar-refractivity contribution in [1.82, 2.24) is 9.55 Å². The van der Waals surface area contributed by atoms with Gasteiger partial charge in [-0.15, -0.1) is 0 Å². The summed E-state index contributed by atoms with van der Waals surface area (Å²) >= 11 is 0. The van der Waals surface area contributed by atoms with Crippen LogP contribution in [0.1, 0.15) is 50.6 Å². The standard InChI is InChI=1S/C33H41N3O3/c1-7-36-30-14-13-25(24-11-8-10-23(16-24)17-26(34)20-37)18-28(30)29(19-33(3,4)21-38-5)32(36)27-12-9-15-35-31(27)22(2)39-6/h8-16,18,20,22,26H,7,17,19,21,34H2,1-6H3/t22-,26-/m0/s1. The van der Waals surface area contributed by atoms with Crippen LogP contribution in [0, 0.1) is 5.41 Å². The van der Waals surface area contributed by atoms with Gasteiger partial charge in [-0.3, -0.25) is 4.98 Å². The number of aldehydes is 1. The molecule has 0 bridgehead atoms. The number of nitrogens with two attached hydrogens (primary N) is 1. The predicted octanol–water partition coefficient (Wildman–Crippen LogP) is 6.38.